The zero-order valence-electron chi connectivity index (χ0n) is 32.1. The molecule has 0 amide bonds. The molecule has 4 aliphatic rings. The van der Waals surface area contributed by atoms with E-state index < -0.39 is 0 Å². The first kappa shape index (κ1) is 33.2. The molecule has 0 radical (unpaired) electrons. The Hall–Kier alpha value is -6.18. The number of aryl methyl sites for hydroxylation is 2. The van der Waals surface area contributed by atoms with Gasteiger partial charge in [0.1, 0.15) is 0 Å². The maximum atomic E-state index is 2.55. The highest BCUT2D eigenvalue weighted by Crippen LogP contribution is 2.47. The number of nitrogens with zero attached hydrogens (tertiary/aromatic N) is 1. The Morgan fingerprint density at radius 1 is 0.571 bits per heavy atom. The van der Waals surface area contributed by atoms with E-state index in [1.807, 2.05) is 0 Å². The highest BCUT2D eigenvalue weighted by molar-refractivity contribution is 6.11. The molecule has 4 aliphatic carbocycles. The third kappa shape index (κ3) is 5.36. The van der Waals surface area contributed by atoms with Gasteiger partial charge in [0.15, 0.2) is 0 Å². The highest BCUT2D eigenvalue weighted by atomic mass is 15.1. The smallest absolute Gasteiger partial charge is 0.0500 e. The second-order valence-corrected chi connectivity index (χ2v) is 16.1. The van der Waals surface area contributed by atoms with Gasteiger partial charge in [0.2, 0.25) is 0 Å². The summed E-state index contributed by atoms with van der Waals surface area (Å²) in [5.41, 5.74) is 18.2. The lowest BCUT2D eigenvalue weighted by Gasteiger charge is -2.32. The van der Waals surface area contributed by atoms with Gasteiger partial charge in [-0.2, -0.15) is 0 Å². The van der Waals surface area contributed by atoms with Crippen molar-refractivity contribution in [2.45, 2.75) is 57.8 Å². The lowest BCUT2D eigenvalue weighted by atomic mass is 9.73. The standard InChI is InChI=1S/C55H45N/c1-36-24-29-42(30-25-36)56(51-33-28-41-27-26-40-20-13-23-47(51)52(40)41)43-31-32-46-50(34-43)44-21-11-12-22-45(44)54-49(38-16-7-3-8-17-38)35-48(37-14-5-2-6-15-37)53(55(46)54)39-18-9-4-10-19-39/h2-7,9-12,14-16,18-22,24-25,28-34,48H,8,13,17,23,26-27,35H2,1H3. The molecule has 1 heteroatoms. The van der Waals surface area contributed by atoms with E-state index in [2.05, 4.69) is 176 Å². The molecular formula is C55H45N. The van der Waals surface area contributed by atoms with Gasteiger partial charge in [-0.1, -0.05) is 139 Å². The predicted octanol–water partition coefficient (Wildman–Crippen LogP) is 12.9. The molecule has 0 aromatic heterocycles. The number of fused-ring (bicyclic) bond motifs is 6. The van der Waals surface area contributed by atoms with Gasteiger partial charge >= 0.3 is 0 Å². The Labute approximate surface area is 330 Å². The van der Waals surface area contributed by atoms with E-state index in [0.29, 0.717) is 0 Å². The topological polar surface area (TPSA) is 3.24 Å². The molecular weight excluding hydrogens is 675 g/mol. The third-order valence-corrected chi connectivity index (χ3v) is 13.0. The van der Waals surface area contributed by atoms with Crippen LogP contribution in [0.1, 0.15) is 71.4 Å². The maximum Gasteiger partial charge on any atom is 0.0500 e. The fourth-order valence-electron chi connectivity index (χ4n) is 10.4. The van der Waals surface area contributed by atoms with Gasteiger partial charge in [-0.05, 0) is 164 Å². The fourth-order valence-corrected chi connectivity index (χ4v) is 10.4. The van der Waals surface area contributed by atoms with Gasteiger partial charge < -0.3 is 4.90 Å². The molecule has 0 bridgehead atoms. The Bertz CT molecular complexity index is 2920. The summed E-state index contributed by atoms with van der Waals surface area (Å²) >= 11 is 0. The van der Waals surface area contributed by atoms with Crippen LogP contribution in [0.4, 0.5) is 17.1 Å². The summed E-state index contributed by atoms with van der Waals surface area (Å²) in [6, 6.07) is 53.1. The first-order chi connectivity index (χ1) is 27.7. The number of allylic oxidation sites excluding steroid dienone is 6. The molecule has 270 valence electrons. The summed E-state index contributed by atoms with van der Waals surface area (Å²) in [6.45, 7) is 2.18. The summed E-state index contributed by atoms with van der Waals surface area (Å²) in [5, 5.41) is 8.13. The quantitative estimate of drug-likeness (QED) is 0.155. The van der Waals surface area contributed by atoms with E-state index in [1.165, 1.54) is 106 Å². The van der Waals surface area contributed by atoms with E-state index in [-0.39, 0.29) is 5.92 Å². The predicted molar refractivity (Wildman–Crippen MR) is 237 cm³/mol. The second-order valence-electron chi connectivity index (χ2n) is 16.1. The van der Waals surface area contributed by atoms with Crippen LogP contribution in [0.5, 0.6) is 0 Å². The van der Waals surface area contributed by atoms with Crippen molar-refractivity contribution in [1.29, 1.82) is 0 Å². The molecule has 0 aliphatic heterocycles. The van der Waals surface area contributed by atoms with Crippen LogP contribution in [0.2, 0.25) is 0 Å². The number of hydrogen-bond donors (Lipinski definition) is 0. The summed E-state index contributed by atoms with van der Waals surface area (Å²) in [7, 11) is 0. The molecule has 11 rings (SSSR count). The van der Waals surface area contributed by atoms with E-state index in [1.54, 1.807) is 5.57 Å². The van der Waals surface area contributed by atoms with Crippen LogP contribution in [0, 0.1) is 6.92 Å². The largest absolute Gasteiger partial charge is 0.310 e. The molecule has 0 spiro atoms. The van der Waals surface area contributed by atoms with Crippen molar-refractivity contribution in [1.82, 2.24) is 0 Å². The van der Waals surface area contributed by atoms with Crippen molar-refractivity contribution in [2.24, 2.45) is 0 Å². The summed E-state index contributed by atoms with van der Waals surface area (Å²) in [6.07, 6.45) is 17.1. The summed E-state index contributed by atoms with van der Waals surface area (Å²) in [5.74, 6) is 0.225. The van der Waals surface area contributed by atoms with Crippen molar-refractivity contribution in [3.05, 3.63) is 213 Å². The normalized spacial score (nSPS) is 17.1. The summed E-state index contributed by atoms with van der Waals surface area (Å²) < 4.78 is 0. The Morgan fingerprint density at radius 2 is 1.32 bits per heavy atom. The van der Waals surface area contributed by atoms with Gasteiger partial charge in [0.25, 0.3) is 0 Å². The average Bonchev–Trinajstić information content (AvgIpc) is 3.70. The van der Waals surface area contributed by atoms with Gasteiger partial charge in [0, 0.05) is 23.0 Å². The lowest BCUT2D eigenvalue weighted by molar-refractivity contribution is 0.858. The molecule has 1 nitrogen and oxygen atoms in total. The molecule has 0 heterocycles. The Balaban J connectivity index is 1.27. The fraction of sp³-hybridized carbons (Fsp3) is 0.164. The van der Waals surface area contributed by atoms with Crippen molar-refractivity contribution < 1.29 is 0 Å². The number of hydrogen-bond acceptors (Lipinski definition) is 1. The SMILES string of the molecule is Cc1ccc(N(c2ccc3c4c(c5ccccc5c3c2)=C(C2=CC=CCC2)CC(c2ccccc2)C=4c2ccccc2)c2ccc3c4c2CCC=C4CC3)cc1. The average molecular weight is 720 g/mol. The molecule has 7 aromatic rings. The van der Waals surface area contributed by atoms with Crippen LogP contribution in [0.3, 0.4) is 0 Å². The minimum absolute atomic E-state index is 0.225. The number of benzene rings is 7. The first-order valence-corrected chi connectivity index (χ1v) is 20.6. The molecule has 0 fully saturated rings. The third-order valence-electron chi connectivity index (χ3n) is 13.0. The van der Waals surface area contributed by atoms with Crippen LogP contribution in [0.25, 0.3) is 38.3 Å². The molecule has 0 saturated carbocycles. The van der Waals surface area contributed by atoms with Crippen LogP contribution >= 0.6 is 0 Å². The zero-order valence-corrected chi connectivity index (χ0v) is 32.1. The lowest BCUT2D eigenvalue weighted by Crippen LogP contribution is -2.37. The van der Waals surface area contributed by atoms with Gasteiger partial charge in [-0.3, -0.25) is 0 Å². The van der Waals surface area contributed by atoms with Crippen molar-refractivity contribution in [3.8, 4) is 0 Å². The number of anilines is 3. The van der Waals surface area contributed by atoms with E-state index in [4.69, 9.17) is 0 Å². The second kappa shape index (κ2) is 13.5. The molecule has 0 saturated heterocycles. The highest BCUT2D eigenvalue weighted by Gasteiger charge is 2.30. The Morgan fingerprint density at radius 3 is 2.12 bits per heavy atom. The summed E-state index contributed by atoms with van der Waals surface area (Å²) in [4.78, 5) is 2.55. The van der Waals surface area contributed by atoms with Gasteiger partial charge in [-0.15, -0.1) is 0 Å². The van der Waals surface area contributed by atoms with Crippen LogP contribution in [-0.2, 0) is 12.8 Å². The minimum atomic E-state index is 0.225. The molecule has 1 atom stereocenters. The van der Waals surface area contributed by atoms with Gasteiger partial charge in [0.05, 0.1) is 0 Å². The molecule has 1 unspecified atom stereocenters. The maximum absolute atomic E-state index is 2.55. The first-order valence-electron chi connectivity index (χ1n) is 20.6. The van der Waals surface area contributed by atoms with Crippen molar-refractivity contribution in [2.75, 3.05) is 4.90 Å². The van der Waals surface area contributed by atoms with E-state index in [0.717, 1.165) is 38.5 Å². The van der Waals surface area contributed by atoms with Crippen molar-refractivity contribution >= 4 is 55.3 Å². The number of rotatable bonds is 6. The Kier molecular flexibility index (Phi) is 8.02. The monoisotopic (exact) mass is 719 g/mol. The van der Waals surface area contributed by atoms with Crippen LogP contribution in [0.15, 0.2) is 169 Å². The molecule has 0 N–H and O–H groups in total. The zero-order chi connectivity index (χ0) is 37.2. The van der Waals surface area contributed by atoms with E-state index in [9.17, 15) is 0 Å². The molecule has 7 aromatic carbocycles. The molecule has 56 heavy (non-hydrogen) atoms. The van der Waals surface area contributed by atoms with Crippen molar-refractivity contribution in [3.63, 3.8) is 0 Å². The van der Waals surface area contributed by atoms with Crippen LogP contribution < -0.4 is 15.3 Å². The van der Waals surface area contributed by atoms with E-state index >= 15 is 0 Å². The van der Waals surface area contributed by atoms with Gasteiger partial charge in [-0.25, -0.2) is 0 Å². The van der Waals surface area contributed by atoms with Crippen LogP contribution in [-0.4, -0.2) is 0 Å². The minimum Gasteiger partial charge on any atom is -0.310 e.